The molecule has 148 valence electrons. The van der Waals surface area contributed by atoms with Crippen molar-refractivity contribution < 1.29 is 14.6 Å². The molecule has 6 nitrogen and oxygen atoms in total. The molecule has 0 spiro atoms. The third-order valence-corrected chi connectivity index (χ3v) is 5.38. The number of carbonyl (C=O) groups excluding carboxylic acids is 1. The third-order valence-electron chi connectivity index (χ3n) is 5.38. The van der Waals surface area contributed by atoms with Gasteiger partial charge in [0.15, 0.2) is 0 Å². The zero-order valence-electron chi connectivity index (χ0n) is 16.2. The van der Waals surface area contributed by atoms with Crippen molar-refractivity contribution in [3.05, 3.63) is 53.6 Å². The Bertz CT molecular complexity index is 829. The van der Waals surface area contributed by atoms with Crippen LogP contribution in [0.4, 0.5) is 11.4 Å². The van der Waals surface area contributed by atoms with Crippen molar-refractivity contribution in [1.29, 1.82) is 0 Å². The molecule has 2 aromatic rings. The van der Waals surface area contributed by atoms with E-state index >= 15 is 0 Å². The normalized spacial score (nSPS) is 17.9. The number of nitrogens with one attached hydrogen (secondary N) is 1. The van der Waals surface area contributed by atoms with E-state index in [-0.39, 0.29) is 12.5 Å². The van der Waals surface area contributed by atoms with Crippen LogP contribution in [0.25, 0.3) is 0 Å². The molecule has 1 unspecified atom stereocenters. The van der Waals surface area contributed by atoms with Gasteiger partial charge in [-0.15, -0.1) is 0 Å². The number of rotatable bonds is 6. The molecule has 2 N–H and O–H groups in total. The predicted octanol–water partition coefficient (Wildman–Crippen LogP) is 2.05. The first kappa shape index (κ1) is 18.8. The Morgan fingerprint density at radius 1 is 1.11 bits per heavy atom. The Balaban J connectivity index is 1.22. The van der Waals surface area contributed by atoms with Gasteiger partial charge in [0.2, 0.25) is 5.91 Å². The number of aliphatic hydroxyl groups excluding tert-OH is 1. The molecule has 1 saturated heterocycles. The van der Waals surface area contributed by atoms with Crippen LogP contribution in [0.1, 0.15) is 11.1 Å². The standard InChI is InChI=1S/C22H27N3O3/c1-16-2-4-18(5-3-16)25-10-8-24(9-11-25)14-19(26)15-28-20-6-7-21-17(12-20)13-22(27)23-21/h2-7,12,19,26H,8-11,13-15H2,1H3,(H,23,27). The van der Waals surface area contributed by atoms with E-state index in [2.05, 4.69) is 46.3 Å². The van der Waals surface area contributed by atoms with Crippen molar-refractivity contribution in [2.45, 2.75) is 19.4 Å². The Morgan fingerprint density at radius 2 is 1.86 bits per heavy atom. The van der Waals surface area contributed by atoms with Crippen LogP contribution in [0.3, 0.4) is 0 Å². The van der Waals surface area contributed by atoms with Gasteiger partial charge in [-0.1, -0.05) is 17.7 Å². The van der Waals surface area contributed by atoms with Crippen molar-refractivity contribution in [2.24, 2.45) is 0 Å². The van der Waals surface area contributed by atoms with E-state index in [1.54, 1.807) is 0 Å². The van der Waals surface area contributed by atoms with Crippen molar-refractivity contribution in [1.82, 2.24) is 4.90 Å². The summed E-state index contributed by atoms with van der Waals surface area (Å²) in [5.74, 6) is 0.704. The number of aryl methyl sites for hydroxylation is 1. The lowest BCUT2D eigenvalue weighted by molar-refractivity contribution is -0.115. The Labute approximate surface area is 165 Å². The van der Waals surface area contributed by atoms with Crippen LogP contribution in [0.2, 0.25) is 0 Å². The lowest BCUT2D eigenvalue weighted by atomic mass is 10.1. The molecule has 1 atom stereocenters. The lowest BCUT2D eigenvalue weighted by Gasteiger charge is -2.36. The summed E-state index contributed by atoms with van der Waals surface area (Å²) in [4.78, 5) is 16.1. The minimum atomic E-state index is -0.543. The highest BCUT2D eigenvalue weighted by atomic mass is 16.5. The first-order chi connectivity index (χ1) is 13.6. The zero-order chi connectivity index (χ0) is 19.5. The fourth-order valence-electron chi connectivity index (χ4n) is 3.78. The van der Waals surface area contributed by atoms with Gasteiger partial charge in [-0.3, -0.25) is 9.69 Å². The molecule has 0 aromatic heterocycles. The van der Waals surface area contributed by atoms with Gasteiger partial charge in [0.25, 0.3) is 0 Å². The first-order valence-electron chi connectivity index (χ1n) is 9.84. The summed E-state index contributed by atoms with van der Waals surface area (Å²) in [5.41, 5.74) is 4.34. The number of carbonyl (C=O) groups is 1. The molecular weight excluding hydrogens is 354 g/mol. The van der Waals surface area contributed by atoms with Gasteiger partial charge < -0.3 is 20.1 Å². The summed E-state index contributed by atoms with van der Waals surface area (Å²) in [6, 6.07) is 14.2. The Hall–Kier alpha value is -2.57. The molecule has 0 saturated carbocycles. The molecule has 28 heavy (non-hydrogen) atoms. The molecule has 0 bridgehead atoms. The Kier molecular flexibility index (Phi) is 5.50. The zero-order valence-corrected chi connectivity index (χ0v) is 16.2. The number of nitrogens with zero attached hydrogens (tertiary/aromatic N) is 2. The van der Waals surface area contributed by atoms with Crippen LogP contribution in [-0.4, -0.2) is 61.3 Å². The largest absolute Gasteiger partial charge is 0.491 e. The quantitative estimate of drug-likeness (QED) is 0.802. The molecular formula is C22H27N3O3. The van der Waals surface area contributed by atoms with E-state index in [1.165, 1.54) is 11.3 Å². The molecule has 1 fully saturated rings. The first-order valence-corrected chi connectivity index (χ1v) is 9.84. The second kappa shape index (κ2) is 8.20. The molecule has 2 aliphatic rings. The maximum Gasteiger partial charge on any atom is 0.228 e. The van der Waals surface area contributed by atoms with Crippen LogP contribution in [-0.2, 0) is 11.2 Å². The summed E-state index contributed by atoms with van der Waals surface area (Å²) in [7, 11) is 0. The topological polar surface area (TPSA) is 65.0 Å². The van der Waals surface area contributed by atoms with Crippen LogP contribution in [0, 0.1) is 6.92 Å². The number of β-amino-alcohol motifs (C(OH)–C–C–N with tert-alkyl or cyclic N) is 1. The third kappa shape index (κ3) is 4.46. The maximum atomic E-state index is 11.4. The minimum Gasteiger partial charge on any atom is -0.491 e. The van der Waals surface area contributed by atoms with E-state index in [0.29, 0.717) is 18.7 Å². The van der Waals surface area contributed by atoms with Crippen molar-refractivity contribution in [3.63, 3.8) is 0 Å². The summed E-state index contributed by atoms with van der Waals surface area (Å²) >= 11 is 0. The van der Waals surface area contributed by atoms with Gasteiger partial charge in [-0.25, -0.2) is 0 Å². The maximum absolute atomic E-state index is 11.4. The highest BCUT2D eigenvalue weighted by Gasteiger charge is 2.21. The van der Waals surface area contributed by atoms with Crippen molar-refractivity contribution in [3.8, 4) is 5.75 Å². The van der Waals surface area contributed by atoms with E-state index < -0.39 is 6.10 Å². The van der Waals surface area contributed by atoms with Crippen molar-refractivity contribution >= 4 is 17.3 Å². The van der Waals surface area contributed by atoms with Gasteiger partial charge in [-0.2, -0.15) is 0 Å². The highest BCUT2D eigenvalue weighted by molar-refractivity contribution is 5.99. The van der Waals surface area contributed by atoms with E-state index in [0.717, 1.165) is 37.4 Å². The second-order valence-corrected chi connectivity index (χ2v) is 7.63. The number of hydrogen-bond acceptors (Lipinski definition) is 5. The molecule has 1 amide bonds. The molecule has 2 aromatic carbocycles. The van der Waals surface area contributed by atoms with Crippen LogP contribution in [0.5, 0.6) is 5.75 Å². The van der Waals surface area contributed by atoms with Crippen LogP contribution >= 0.6 is 0 Å². The highest BCUT2D eigenvalue weighted by Crippen LogP contribution is 2.27. The molecule has 4 rings (SSSR count). The average Bonchev–Trinajstić information content (AvgIpc) is 3.07. The van der Waals surface area contributed by atoms with Gasteiger partial charge in [0, 0.05) is 44.1 Å². The molecule has 0 aliphatic carbocycles. The van der Waals surface area contributed by atoms with E-state index in [9.17, 15) is 9.90 Å². The van der Waals surface area contributed by atoms with Crippen LogP contribution in [0.15, 0.2) is 42.5 Å². The number of aliphatic hydroxyl groups is 1. The summed E-state index contributed by atoms with van der Waals surface area (Å²) < 4.78 is 5.75. The summed E-state index contributed by atoms with van der Waals surface area (Å²) in [6.45, 7) is 6.73. The molecule has 2 aliphatic heterocycles. The van der Waals surface area contributed by atoms with Crippen molar-refractivity contribution in [2.75, 3.05) is 49.5 Å². The summed E-state index contributed by atoms with van der Waals surface area (Å²) in [5, 5.41) is 13.2. The smallest absolute Gasteiger partial charge is 0.228 e. The monoisotopic (exact) mass is 381 g/mol. The van der Waals surface area contributed by atoms with Gasteiger partial charge in [0.05, 0.1) is 6.42 Å². The van der Waals surface area contributed by atoms with Gasteiger partial charge in [-0.05, 0) is 42.8 Å². The second-order valence-electron chi connectivity index (χ2n) is 7.63. The average molecular weight is 381 g/mol. The number of benzene rings is 2. The fourth-order valence-corrected chi connectivity index (χ4v) is 3.78. The molecule has 0 radical (unpaired) electrons. The fraction of sp³-hybridized carbons (Fsp3) is 0.409. The predicted molar refractivity (Wildman–Crippen MR) is 110 cm³/mol. The number of piperazine rings is 1. The number of amides is 1. The van der Waals surface area contributed by atoms with E-state index in [1.807, 2.05) is 18.2 Å². The minimum absolute atomic E-state index is 0.0111. The Morgan fingerprint density at radius 3 is 2.61 bits per heavy atom. The number of anilines is 2. The number of hydrogen-bond donors (Lipinski definition) is 2. The van der Waals surface area contributed by atoms with Gasteiger partial charge >= 0.3 is 0 Å². The lowest BCUT2D eigenvalue weighted by Crippen LogP contribution is -2.49. The number of ether oxygens (including phenoxy) is 1. The number of fused-ring (bicyclic) bond motifs is 1. The van der Waals surface area contributed by atoms with Crippen LogP contribution < -0.4 is 15.0 Å². The SMILES string of the molecule is Cc1ccc(N2CCN(CC(O)COc3ccc4c(c3)CC(=O)N4)CC2)cc1. The van der Waals surface area contributed by atoms with E-state index in [4.69, 9.17) is 4.74 Å². The summed E-state index contributed by atoms with van der Waals surface area (Å²) in [6.07, 6.45) is -0.153. The van der Waals surface area contributed by atoms with Gasteiger partial charge in [0.1, 0.15) is 18.5 Å². The molecule has 6 heteroatoms. The molecule has 2 heterocycles.